The van der Waals surface area contributed by atoms with E-state index in [9.17, 15) is 9.18 Å². The second-order valence-corrected chi connectivity index (χ2v) is 2.90. The molecule has 0 aliphatic carbocycles. The van der Waals surface area contributed by atoms with Crippen molar-refractivity contribution in [3.63, 3.8) is 0 Å². The van der Waals surface area contributed by atoms with Crippen LogP contribution in [0.5, 0.6) is 0 Å². The number of ether oxygens (including phenoxy) is 1. The van der Waals surface area contributed by atoms with E-state index in [0.29, 0.717) is 18.8 Å². The van der Waals surface area contributed by atoms with Gasteiger partial charge in [-0.3, -0.25) is 0 Å². The number of anilines is 1. The number of benzene rings is 1. The molecule has 0 saturated carbocycles. The Morgan fingerprint density at radius 3 is 2.93 bits per heavy atom. The number of halogens is 1. The first-order chi connectivity index (χ1) is 7.19. The van der Waals surface area contributed by atoms with Crippen molar-refractivity contribution in [2.75, 3.05) is 25.5 Å². The highest BCUT2D eigenvalue weighted by molar-refractivity contribution is 5.95. The average molecular weight is 212 g/mol. The van der Waals surface area contributed by atoms with Crippen molar-refractivity contribution in [2.24, 2.45) is 5.73 Å². The first kappa shape index (κ1) is 11.5. The Hall–Kier alpha value is -1.62. The van der Waals surface area contributed by atoms with Gasteiger partial charge in [0.05, 0.1) is 12.7 Å². The molecule has 0 saturated heterocycles. The lowest BCUT2D eigenvalue weighted by Crippen LogP contribution is -2.15. The molecule has 1 rings (SSSR count). The smallest absolute Gasteiger partial charge is 0.340 e. The maximum atomic E-state index is 12.9. The number of rotatable bonds is 4. The van der Waals surface area contributed by atoms with Gasteiger partial charge in [-0.15, -0.1) is 0 Å². The first-order valence-corrected chi connectivity index (χ1v) is 4.51. The third-order valence-corrected chi connectivity index (χ3v) is 1.85. The molecular weight excluding hydrogens is 199 g/mol. The zero-order chi connectivity index (χ0) is 11.3. The Morgan fingerprint density at radius 2 is 2.33 bits per heavy atom. The molecule has 0 aliphatic heterocycles. The van der Waals surface area contributed by atoms with E-state index < -0.39 is 11.8 Å². The number of carbonyl (C=O) groups is 1. The van der Waals surface area contributed by atoms with Crippen LogP contribution in [0.1, 0.15) is 10.4 Å². The molecule has 0 fully saturated rings. The van der Waals surface area contributed by atoms with Crippen molar-refractivity contribution in [1.29, 1.82) is 0 Å². The van der Waals surface area contributed by atoms with Gasteiger partial charge in [0.1, 0.15) is 5.82 Å². The predicted octanol–water partition coefficient (Wildman–Crippen LogP) is 0.983. The fraction of sp³-hybridized carbons (Fsp3) is 0.300. The van der Waals surface area contributed by atoms with E-state index in [4.69, 9.17) is 5.73 Å². The molecule has 0 unspecified atom stereocenters. The summed E-state index contributed by atoms with van der Waals surface area (Å²) in [4.78, 5) is 11.3. The lowest BCUT2D eigenvalue weighted by atomic mass is 10.1. The third kappa shape index (κ3) is 2.92. The molecule has 5 heteroatoms. The van der Waals surface area contributed by atoms with Gasteiger partial charge >= 0.3 is 5.97 Å². The maximum Gasteiger partial charge on any atom is 0.340 e. The Morgan fingerprint density at radius 1 is 1.60 bits per heavy atom. The summed E-state index contributed by atoms with van der Waals surface area (Å²) in [7, 11) is 1.25. The van der Waals surface area contributed by atoms with Crippen molar-refractivity contribution >= 4 is 11.7 Å². The molecule has 0 spiro atoms. The Bertz CT molecular complexity index is 355. The number of nitrogens with one attached hydrogen (secondary N) is 1. The molecule has 0 atom stereocenters. The van der Waals surface area contributed by atoms with E-state index in [1.54, 1.807) is 0 Å². The summed E-state index contributed by atoms with van der Waals surface area (Å²) in [5.74, 6) is -1.05. The Labute approximate surface area is 87.2 Å². The highest BCUT2D eigenvalue weighted by atomic mass is 19.1. The van der Waals surface area contributed by atoms with Gasteiger partial charge in [0.15, 0.2) is 0 Å². The zero-order valence-electron chi connectivity index (χ0n) is 8.42. The van der Waals surface area contributed by atoms with Gasteiger partial charge in [-0.1, -0.05) is 0 Å². The third-order valence-electron chi connectivity index (χ3n) is 1.85. The Balaban J connectivity index is 2.97. The highest BCUT2D eigenvalue weighted by Crippen LogP contribution is 2.17. The quantitative estimate of drug-likeness (QED) is 0.730. The van der Waals surface area contributed by atoms with E-state index in [2.05, 4.69) is 10.1 Å². The summed E-state index contributed by atoms with van der Waals surface area (Å²) in [5, 5.41) is 2.91. The van der Waals surface area contributed by atoms with Gasteiger partial charge in [-0.2, -0.15) is 0 Å². The van der Waals surface area contributed by atoms with E-state index in [1.807, 2.05) is 0 Å². The monoisotopic (exact) mass is 212 g/mol. The fourth-order valence-electron chi connectivity index (χ4n) is 1.16. The summed E-state index contributed by atoms with van der Waals surface area (Å²) in [6.45, 7) is 0.938. The van der Waals surface area contributed by atoms with Gasteiger partial charge < -0.3 is 15.8 Å². The van der Waals surface area contributed by atoms with Gasteiger partial charge in [-0.25, -0.2) is 9.18 Å². The molecular formula is C10H13FN2O2. The lowest BCUT2D eigenvalue weighted by molar-refractivity contribution is 0.0601. The van der Waals surface area contributed by atoms with Crippen molar-refractivity contribution in [3.8, 4) is 0 Å². The maximum absolute atomic E-state index is 12.9. The number of hydrogen-bond acceptors (Lipinski definition) is 4. The summed E-state index contributed by atoms with van der Waals surface area (Å²) in [5.41, 5.74) is 6.01. The molecule has 3 N–H and O–H groups in total. The summed E-state index contributed by atoms with van der Waals surface area (Å²) < 4.78 is 17.4. The van der Waals surface area contributed by atoms with Crippen LogP contribution in [0, 0.1) is 5.82 Å². The molecule has 4 nitrogen and oxygen atoms in total. The predicted molar refractivity (Wildman–Crippen MR) is 55.3 cm³/mol. The molecule has 0 heterocycles. The molecule has 0 radical (unpaired) electrons. The molecule has 1 aromatic rings. The lowest BCUT2D eigenvalue weighted by Gasteiger charge is -2.09. The van der Waals surface area contributed by atoms with Crippen molar-refractivity contribution in [3.05, 3.63) is 29.6 Å². The van der Waals surface area contributed by atoms with E-state index in [0.717, 1.165) is 6.07 Å². The molecule has 0 bridgehead atoms. The van der Waals surface area contributed by atoms with Crippen LogP contribution in [0.3, 0.4) is 0 Å². The van der Waals surface area contributed by atoms with Crippen LogP contribution in [0.2, 0.25) is 0 Å². The molecule has 15 heavy (non-hydrogen) atoms. The van der Waals surface area contributed by atoms with Gasteiger partial charge in [-0.05, 0) is 18.2 Å². The van der Waals surface area contributed by atoms with Crippen molar-refractivity contribution < 1.29 is 13.9 Å². The fourth-order valence-corrected chi connectivity index (χ4v) is 1.16. The van der Waals surface area contributed by atoms with Crippen LogP contribution in [0.4, 0.5) is 10.1 Å². The number of esters is 1. The van der Waals surface area contributed by atoms with Crippen molar-refractivity contribution in [2.45, 2.75) is 0 Å². The van der Waals surface area contributed by atoms with E-state index in [1.165, 1.54) is 19.2 Å². The highest BCUT2D eigenvalue weighted by Gasteiger charge is 2.12. The van der Waals surface area contributed by atoms with Crippen LogP contribution in [-0.2, 0) is 4.74 Å². The molecule has 0 aromatic heterocycles. The molecule has 82 valence electrons. The molecule has 0 amide bonds. The van der Waals surface area contributed by atoms with Crippen LogP contribution in [-0.4, -0.2) is 26.2 Å². The molecule has 1 aromatic carbocycles. The minimum Gasteiger partial charge on any atom is -0.465 e. The molecule has 0 aliphatic rings. The zero-order valence-corrected chi connectivity index (χ0v) is 8.42. The second-order valence-electron chi connectivity index (χ2n) is 2.90. The number of carbonyl (C=O) groups excluding carboxylic acids is 1. The van der Waals surface area contributed by atoms with Crippen molar-refractivity contribution in [1.82, 2.24) is 0 Å². The average Bonchev–Trinajstić information content (AvgIpc) is 2.26. The minimum absolute atomic E-state index is 0.172. The largest absolute Gasteiger partial charge is 0.465 e. The summed E-state index contributed by atoms with van der Waals surface area (Å²) in [6, 6.07) is 3.88. The summed E-state index contributed by atoms with van der Waals surface area (Å²) >= 11 is 0. The summed E-state index contributed by atoms with van der Waals surface area (Å²) in [6.07, 6.45) is 0. The van der Waals surface area contributed by atoms with Crippen LogP contribution in [0.25, 0.3) is 0 Å². The second kappa shape index (κ2) is 5.31. The Kier molecular flexibility index (Phi) is 4.05. The van der Waals surface area contributed by atoms with E-state index in [-0.39, 0.29) is 5.56 Å². The standard InChI is InChI=1S/C10H13FN2O2/c1-15-10(14)8-6-7(11)2-3-9(8)13-5-4-12/h2-3,6,13H,4-5,12H2,1H3. The van der Waals surface area contributed by atoms with Gasteiger partial charge in [0, 0.05) is 18.8 Å². The van der Waals surface area contributed by atoms with Gasteiger partial charge in [0.25, 0.3) is 0 Å². The normalized spacial score (nSPS) is 9.80. The van der Waals surface area contributed by atoms with Crippen LogP contribution < -0.4 is 11.1 Å². The topological polar surface area (TPSA) is 64.3 Å². The van der Waals surface area contributed by atoms with Gasteiger partial charge in [0.2, 0.25) is 0 Å². The SMILES string of the molecule is COC(=O)c1cc(F)ccc1NCCN. The number of hydrogen-bond donors (Lipinski definition) is 2. The number of methoxy groups -OCH3 is 1. The van der Waals surface area contributed by atoms with Crippen LogP contribution in [0.15, 0.2) is 18.2 Å². The number of nitrogens with two attached hydrogens (primary N) is 1. The first-order valence-electron chi connectivity index (χ1n) is 4.51. The minimum atomic E-state index is -0.575. The van der Waals surface area contributed by atoms with Crippen LogP contribution >= 0.6 is 0 Å². The van der Waals surface area contributed by atoms with E-state index >= 15 is 0 Å².